The van der Waals surface area contributed by atoms with Crippen molar-refractivity contribution in [1.29, 1.82) is 0 Å². The zero-order valence-electron chi connectivity index (χ0n) is 15.2. The Morgan fingerprint density at radius 1 is 1.25 bits per heavy atom. The summed E-state index contributed by atoms with van der Waals surface area (Å²) < 4.78 is 19.9. The van der Waals surface area contributed by atoms with Crippen LogP contribution in [0.4, 0.5) is 9.52 Å². The van der Waals surface area contributed by atoms with Crippen LogP contribution in [0.25, 0.3) is 0 Å². The fourth-order valence-corrected chi connectivity index (χ4v) is 4.57. The summed E-state index contributed by atoms with van der Waals surface area (Å²) in [5.74, 6) is 0.486. The van der Waals surface area contributed by atoms with E-state index < -0.39 is 0 Å². The Bertz CT molecular complexity index is 974. The van der Waals surface area contributed by atoms with E-state index in [9.17, 15) is 9.18 Å². The minimum absolute atomic E-state index is 0.152. The Kier molecular flexibility index (Phi) is 6.88. The summed E-state index contributed by atoms with van der Waals surface area (Å²) in [6.45, 7) is 3.59. The maximum atomic E-state index is 13.6. The van der Waals surface area contributed by atoms with E-state index >= 15 is 0 Å². The van der Waals surface area contributed by atoms with E-state index in [4.69, 9.17) is 16.3 Å². The molecule has 28 heavy (non-hydrogen) atoms. The lowest BCUT2D eigenvalue weighted by atomic mass is 10.1. The highest BCUT2D eigenvalue weighted by molar-refractivity contribution is 8.00. The second-order valence-corrected chi connectivity index (χ2v) is 8.60. The average Bonchev–Trinajstić information content (AvgIpc) is 3.07. The van der Waals surface area contributed by atoms with Crippen LogP contribution in [-0.4, -0.2) is 22.7 Å². The lowest BCUT2D eigenvalue weighted by Gasteiger charge is -2.12. The first-order valence-corrected chi connectivity index (χ1v) is 10.5. The molecule has 0 saturated heterocycles. The number of rotatable bonds is 7. The minimum Gasteiger partial charge on any atom is -0.483 e. The first-order chi connectivity index (χ1) is 13.4. The van der Waals surface area contributed by atoms with E-state index in [0.29, 0.717) is 31.6 Å². The largest absolute Gasteiger partial charge is 0.483 e. The molecule has 0 aliphatic heterocycles. The molecule has 0 fully saturated rings. The summed E-state index contributed by atoms with van der Waals surface area (Å²) in [4.78, 5) is 12.1. The number of aromatic nitrogens is 2. The Morgan fingerprint density at radius 3 is 2.68 bits per heavy atom. The molecule has 0 radical (unpaired) electrons. The summed E-state index contributed by atoms with van der Waals surface area (Å²) >= 11 is 8.59. The molecule has 1 heterocycles. The first kappa shape index (κ1) is 20.6. The third kappa shape index (κ3) is 5.43. The van der Waals surface area contributed by atoms with Crippen molar-refractivity contribution in [2.24, 2.45) is 0 Å². The monoisotopic (exact) mass is 437 g/mol. The maximum absolute atomic E-state index is 13.6. The van der Waals surface area contributed by atoms with Gasteiger partial charge >= 0.3 is 0 Å². The number of carbonyl (C=O) groups is 1. The smallest absolute Gasteiger partial charge is 0.264 e. The SMILES string of the molecule is Cc1cc(Cl)cc(C)c1OCC(=O)Nc1nnc(SCc2ccccc2F)s1. The molecular weight excluding hydrogens is 421 g/mol. The number of amides is 1. The number of benzene rings is 2. The van der Waals surface area contributed by atoms with E-state index in [1.165, 1.54) is 29.2 Å². The molecule has 9 heteroatoms. The molecule has 0 atom stereocenters. The van der Waals surface area contributed by atoms with E-state index in [-0.39, 0.29) is 18.3 Å². The maximum Gasteiger partial charge on any atom is 0.264 e. The number of thioether (sulfide) groups is 1. The van der Waals surface area contributed by atoms with Gasteiger partial charge in [-0.05, 0) is 48.7 Å². The van der Waals surface area contributed by atoms with Crippen LogP contribution in [0.15, 0.2) is 40.7 Å². The summed E-state index contributed by atoms with van der Waals surface area (Å²) in [5.41, 5.74) is 2.32. The fraction of sp³-hybridized carbons (Fsp3) is 0.211. The van der Waals surface area contributed by atoms with Crippen molar-refractivity contribution < 1.29 is 13.9 Å². The predicted octanol–water partition coefficient (Wildman–Crippen LogP) is 5.26. The Hall–Kier alpha value is -2.16. The van der Waals surface area contributed by atoms with Gasteiger partial charge in [-0.3, -0.25) is 10.1 Å². The van der Waals surface area contributed by atoms with Crippen LogP contribution >= 0.6 is 34.7 Å². The number of hydrogen-bond acceptors (Lipinski definition) is 6. The normalized spacial score (nSPS) is 10.7. The van der Waals surface area contributed by atoms with Crippen LogP contribution in [0.5, 0.6) is 5.75 Å². The highest BCUT2D eigenvalue weighted by atomic mass is 35.5. The molecule has 0 aliphatic carbocycles. The molecule has 1 aromatic heterocycles. The van der Waals surface area contributed by atoms with Gasteiger partial charge in [-0.15, -0.1) is 10.2 Å². The van der Waals surface area contributed by atoms with E-state index in [2.05, 4.69) is 15.5 Å². The van der Waals surface area contributed by atoms with Crippen molar-refractivity contribution >= 4 is 45.7 Å². The molecule has 0 spiro atoms. The van der Waals surface area contributed by atoms with E-state index in [0.717, 1.165) is 11.1 Å². The summed E-state index contributed by atoms with van der Waals surface area (Å²) in [7, 11) is 0. The lowest BCUT2D eigenvalue weighted by molar-refractivity contribution is -0.118. The topological polar surface area (TPSA) is 64.1 Å². The minimum atomic E-state index is -0.337. The molecule has 0 saturated carbocycles. The summed E-state index contributed by atoms with van der Waals surface area (Å²) in [5, 5.41) is 11.6. The van der Waals surface area contributed by atoms with Gasteiger partial charge in [0.15, 0.2) is 10.9 Å². The van der Waals surface area contributed by atoms with Crippen molar-refractivity contribution in [3.05, 3.63) is 63.9 Å². The number of nitrogens with one attached hydrogen (secondary N) is 1. The predicted molar refractivity (Wildman–Crippen MR) is 111 cm³/mol. The van der Waals surface area contributed by atoms with Crippen molar-refractivity contribution in [3.8, 4) is 5.75 Å². The fourth-order valence-electron chi connectivity index (χ4n) is 2.49. The van der Waals surface area contributed by atoms with Crippen LogP contribution in [0.2, 0.25) is 5.02 Å². The van der Waals surface area contributed by atoms with Crippen LogP contribution in [0, 0.1) is 19.7 Å². The molecule has 1 amide bonds. The van der Waals surface area contributed by atoms with E-state index in [1.54, 1.807) is 30.3 Å². The Labute approximate surface area is 175 Å². The second kappa shape index (κ2) is 9.36. The van der Waals surface area contributed by atoms with Gasteiger partial charge in [0.25, 0.3) is 5.91 Å². The second-order valence-electron chi connectivity index (χ2n) is 5.96. The van der Waals surface area contributed by atoms with Gasteiger partial charge in [0, 0.05) is 10.8 Å². The lowest BCUT2D eigenvalue weighted by Crippen LogP contribution is -2.20. The van der Waals surface area contributed by atoms with E-state index in [1.807, 2.05) is 13.8 Å². The zero-order valence-corrected chi connectivity index (χ0v) is 17.6. The average molecular weight is 438 g/mol. The first-order valence-electron chi connectivity index (χ1n) is 8.31. The number of anilines is 1. The van der Waals surface area contributed by atoms with Crippen molar-refractivity contribution in [2.45, 2.75) is 23.9 Å². The molecule has 1 N–H and O–H groups in total. The van der Waals surface area contributed by atoms with Gasteiger partial charge in [0.05, 0.1) is 0 Å². The van der Waals surface area contributed by atoms with Gasteiger partial charge in [-0.2, -0.15) is 0 Å². The molecule has 3 rings (SSSR count). The van der Waals surface area contributed by atoms with Gasteiger partial charge < -0.3 is 4.74 Å². The molecular formula is C19H17ClFN3O2S2. The molecule has 3 aromatic rings. The van der Waals surface area contributed by atoms with Crippen LogP contribution in [0.3, 0.4) is 0 Å². The van der Waals surface area contributed by atoms with Crippen LogP contribution in [-0.2, 0) is 10.5 Å². The Balaban J connectivity index is 1.52. The number of halogens is 2. The molecule has 2 aromatic carbocycles. The highest BCUT2D eigenvalue weighted by Gasteiger charge is 2.12. The van der Waals surface area contributed by atoms with Crippen LogP contribution < -0.4 is 10.1 Å². The molecule has 0 unspecified atom stereocenters. The zero-order chi connectivity index (χ0) is 20.1. The van der Waals surface area contributed by atoms with Crippen molar-refractivity contribution in [3.63, 3.8) is 0 Å². The number of aryl methyl sites for hydroxylation is 2. The molecule has 0 bridgehead atoms. The number of carbonyl (C=O) groups excluding carboxylic acids is 1. The standard InChI is InChI=1S/C19H17ClFN3O2S2/c1-11-7-14(20)8-12(2)17(11)26-9-16(25)22-18-23-24-19(28-18)27-10-13-5-3-4-6-15(13)21/h3-8H,9-10H2,1-2H3,(H,22,23,25). The van der Waals surface area contributed by atoms with Gasteiger partial charge in [0.1, 0.15) is 11.6 Å². The molecule has 146 valence electrons. The van der Waals surface area contributed by atoms with Crippen LogP contribution in [0.1, 0.15) is 16.7 Å². The highest BCUT2D eigenvalue weighted by Crippen LogP contribution is 2.29. The van der Waals surface area contributed by atoms with Gasteiger partial charge in [-0.1, -0.05) is 52.9 Å². The molecule has 5 nitrogen and oxygen atoms in total. The van der Waals surface area contributed by atoms with Gasteiger partial charge in [-0.25, -0.2) is 4.39 Å². The summed E-state index contributed by atoms with van der Waals surface area (Å²) in [6, 6.07) is 10.2. The van der Waals surface area contributed by atoms with Gasteiger partial charge in [0.2, 0.25) is 5.13 Å². The Morgan fingerprint density at radius 2 is 1.96 bits per heavy atom. The molecule has 0 aliphatic rings. The third-order valence-electron chi connectivity index (χ3n) is 3.73. The van der Waals surface area contributed by atoms with Crippen molar-refractivity contribution in [1.82, 2.24) is 10.2 Å². The quantitative estimate of drug-likeness (QED) is 0.403. The van der Waals surface area contributed by atoms with Crippen molar-refractivity contribution in [2.75, 3.05) is 11.9 Å². The number of hydrogen-bond donors (Lipinski definition) is 1. The third-order valence-corrected chi connectivity index (χ3v) is 5.97. The summed E-state index contributed by atoms with van der Waals surface area (Å²) in [6.07, 6.45) is 0. The number of ether oxygens (including phenoxy) is 1. The number of nitrogens with zero attached hydrogens (tertiary/aromatic N) is 2.